The number of nitrogens with two attached hydrogens (primary N) is 1. The van der Waals surface area contributed by atoms with Gasteiger partial charge < -0.3 is 20.1 Å². The highest BCUT2D eigenvalue weighted by atomic mass is 16.5. The summed E-state index contributed by atoms with van der Waals surface area (Å²) in [6.07, 6.45) is 1.44. The van der Waals surface area contributed by atoms with E-state index in [1.165, 1.54) is 0 Å². The molecule has 18 heavy (non-hydrogen) atoms. The zero-order valence-electron chi connectivity index (χ0n) is 10.1. The maximum absolute atomic E-state index is 12.4. The van der Waals surface area contributed by atoms with Gasteiger partial charge in [0.15, 0.2) is 5.75 Å². The average molecular weight is 248 g/mol. The number of carbonyl (C=O) groups is 1. The molecule has 1 amide bonds. The number of benzene rings is 1. The SMILES string of the molecule is Nc1cccc2c1OCCN2C(=O)C1CCCO1. The highest BCUT2D eigenvalue weighted by molar-refractivity contribution is 5.99. The molecular weight excluding hydrogens is 232 g/mol. The van der Waals surface area contributed by atoms with Crippen molar-refractivity contribution < 1.29 is 14.3 Å². The standard InChI is InChI=1S/C13H16N2O3/c14-9-3-1-4-10-12(9)18-8-6-15(10)13(16)11-5-2-7-17-11/h1,3-4,11H,2,5-8,14H2. The van der Waals surface area contributed by atoms with Crippen LogP contribution < -0.4 is 15.4 Å². The summed E-state index contributed by atoms with van der Waals surface area (Å²) < 4.78 is 11.0. The summed E-state index contributed by atoms with van der Waals surface area (Å²) in [5.41, 5.74) is 7.18. The number of hydrogen-bond acceptors (Lipinski definition) is 4. The van der Waals surface area contributed by atoms with E-state index < -0.39 is 0 Å². The van der Waals surface area contributed by atoms with Crippen LogP contribution in [0.4, 0.5) is 11.4 Å². The number of hydrogen-bond donors (Lipinski definition) is 1. The van der Waals surface area contributed by atoms with E-state index in [-0.39, 0.29) is 12.0 Å². The van der Waals surface area contributed by atoms with Gasteiger partial charge in [-0.3, -0.25) is 4.79 Å². The number of rotatable bonds is 1. The van der Waals surface area contributed by atoms with Crippen molar-refractivity contribution in [1.29, 1.82) is 0 Å². The molecule has 1 aromatic rings. The molecule has 96 valence electrons. The van der Waals surface area contributed by atoms with Gasteiger partial charge in [-0.15, -0.1) is 0 Å². The Bertz CT molecular complexity index is 469. The third kappa shape index (κ3) is 1.80. The minimum absolute atomic E-state index is 0.0163. The first-order chi connectivity index (χ1) is 8.77. The molecule has 2 N–H and O–H groups in total. The lowest BCUT2D eigenvalue weighted by atomic mass is 10.1. The molecule has 2 heterocycles. The molecule has 0 saturated carbocycles. The van der Waals surface area contributed by atoms with E-state index in [9.17, 15) is 4.79 Å². The van der Waals surface area contributed by atoms with Crippen molar-refractivity contribution in [2.75, 3.05) is 30.4 Å². The topological polar surface area (TPSA) is 64.8 Å². The molecule has 2 aliphatic rings. The van der Waals surface area contributed by atoms with E-state index in [0.29, 0.717) is 31.2 Å². The Morgan fingerprint density at radius 1 is 1.39 bits per heavy atom. The lowest BCUT2D eigenvalue weighted by Gasteiger charge is -2.31. The summed E-state index contributed by atoms with van der Waals surface area (Å²) >= 11 is 0. The van der Waals surface area contributed by atoms with Crippen LogP contribution in [0.3, 0.4) is 0 Å². The smallest absolute Gasteiger partial charge is 0.256 e. The van der Waals surface area contributed by atoms with E-state index in [0.717, 1.165) is 18.5 Å². The van der Waals surface area contributed by atoms with Gasteiger partial charge in [-0.25, -0.2) is 0 Å². The average Bonchev–Trinajstić information content (AvgIpc) is 2.92. The molecule has 1 fully saturated rings. The summed E-state index contributed by atoms with van der Waals surface area (Å²) in [6, 6.07) is 5.47. The zero-order chi connectivity index (χ0) is 12.5. The number of carbonyl (C=O) groups excluding carboxylic acids is 1. The molecule has 5 heteroatoms. The van der Waals surface area contributed by atoms with E-state index in [2.05, 4.69) is 0 Å². The summed E-state index contributed by atoms with van der Waals surface area (Å²) in [5.74, 6) is 0.623. The van der Waals surface area contributed by atoms with Gasteiger partial charge in [0.2, 0.25) is 0 Å². The Hall–Kier alpha value is -1.75. The minimum Gasteiger partial charge on any atom is -0.487 e. The molecule has 1 saturated heterocycles. The van der Waals surface area contributed by atoms with E-state index in [1.807, 2.05) is 12.1 Å². The van der Waals surface area contributed by atoms with Crippen LogP contribution in [0.1, 0.15) is 12.8 Å². The van der Waals surface area contributed by atoms with Crippen LogP contribution in [0.5, 0.6) is 5.75 Å². The largest absolute Gasteiger partial charge is 0.487 e. The Balaban J connectivity index is 1.91. The molecule has 3 rings (SSSR count). The number of fused-ring (bicyclic) bond motifs is 1. The number of ether oxygens (including phenoxy) is 2. The van der Waals surface area contributed by atoms with E-state index in [4.69, 9.17) is 15.2 Å². The van der Waals surface area contributed by atoms with Gasteiger partial charge in [0.1, 0.15) is 12.7 Å². The molecule has 1 aromatic carbocycles. The lowest BCUT2D eigenvalue weighted by Crippen LogP contribution is -2.43. The summed E-state index contributed by atoms with van der Waals surface area (Å²) in [6.45, 7) is 1.69. The number of nitrogens with zero attached hydrogens (tertiary/aromatic N) is 1. The first-order valence-corrected chi connectivity index (χ1v) is 6.21. The number of anilines is 2. The van der Waals surface area contributed by atoms with E-state index >= 15 is 0 Å². The van der Waals surface area contributed by atoms with Crippen LogP contribution in [0.15, 0.2) is 18.2 Å². The van der Waals surface area contributed by atoms with Gasteiger partial charge >= 0.3 is 0 Å². The van der Waals surface area contributed by atoms with Crippen molar-refractivity contribution in [3.63, 3.8) is 0 Å². The van der Waals surface area contributed by atoms with Crippen LogP contribution in [-0.2, 0) is 9.53 Å². The predicted octanol–water partition coefficient (Wildman–Crippen LogP) is 1.17. The lowest BCUT2D eigenvalue weighted by molar-refractivity contribution is -0.127. The fourth-order valence-corrected chi connectivity index (χ4v) is 2.45. The highest BCUT2D eigenvalue weighted by Gasteiger charge is 2.32. The maximum Gasteiger partial charge on any atom is 0.256 e. The van der Waals surface area contributed by atoms with Gasteiger partial charge in [0.05, 0.1) is 17.9 Å². The summed E-state index contributed by atoms with van der Waals surface area (Å²) in [5, 5.41) is 0. The molecule has 0 radical (unpaired) electrons. The van der Waals surface area contributed by atoms with Crippen LogP contribution in [0, 0.1) is 0 Å². The van der Waals surface area contributed by atoms with Crippen LogP contribution in [-0.4, -0.2) is 31.8 Å². The molecule has 0 spiro atoms. The highest BCUT2D eigenvalue weighted by Crippen LogP contribution is 2.37. The Morgan fingerprint density at radius 2 is 2.28 bits per heavy atom. The monoisotopic (exact) mass is 248 g/mol. The first-order valence-electron chi connectivity index (χ1n) is 6.21. The van der Waals surface area contributed by atoms with Crippen LogP contribution in [0.25, 0.3) is 0 Å². The van der Waals surface area contributed by atoms with Crippen LogP contribution in [0.2, 0.25) is 0 Å². The molecule has 2 aliphatic heterocycles. The second kappa shape index (κ2) is 4.49. The van der Waals surface area contributed by atoms with Gasteiger partial charge in [0.25, 0.3) is 5.91 Å². The molecule has 5 nitrogen and oxygen atoms in total. The molecule has 1 unspecified atom stereocenters. The Kier molecular flexibility index (Phi) is 2.83. The Morgan fingerprint density at radius 3 is 3.06 bits per heavy atom. The number of amides is 1. The third-order valence-electron chi connectivity index (χ3n) is 3.35. The van der Waals surface area contributed by atoms with Gasteiger partial charge in [-0.05, 0) is 25.0 Å². The second-order valence-electron chi connectivity index (χ2n) is 4.54. The molecule has 0 aliphatic carbocycles. The van der Waals surface area contributed by atoms with Crippen molar-refractivity contribution in [2.24, 2.45) is 0 Å². The van der Waals surface area contributed by atoms with Gasteiger partial charge in [-0.1, -0.05) is 6.07 Å². The number of nitrogen functional groups attached to an aromatic ring is 1. The second-order valence-corrected chi connectivity index (χ2v) is 4.54. The summed E-state index contributed by atoms with van der Waals surface area (Å²) in [4.78, 5) is 14.1. The first kappa shape index (κ1) is 11.3. The van der Waals surface area contributed by atoms with Crippen molar-refractivity contribution in [3.05, 3.63) is 18.2 Å². The fraction of sp³-hybridized carbons (Fsp3) is 0.462. The quantitative estimate of drug-likeness (QED) is 0.758. The van der Waals surface area contributed by atoms with Gasteiger partial charge in [-0.2, -0.15) is 0 Å². The fourth-order valence-electron chi connectivity index (χ4n) is 2.45. The van der Waals surface area contributed by atoms with Crippen molar-refractivity contribution in [1.82, 2.24) is 0 Å². The molecule has 0 aromatic heterocycles. The van der Waals surface area contributed by atoms with Crippen molar-refractivity contribution in [3.8, 4) is 5.75 Å². The minimum atomic E-state index is -0.308. The molecule has 1 atom stereocenters. The Labute approximate surface area is 105 Å². The predicted molar refractivity (Wildman–Crippen MR) is 67.7 cm³/mol. The van der Waals surface area contributed by atoms with E-state index in [1.54, 1.807) is 11.0 Å². The molecule has 0 bridgehead atoms. The zero-order valence-corrected chi connectivity index (χ0v) is 10.1. The molecular formula is C13H16N2O3. The van der Waals surface area contributed by atoms with Gasteiger partial charge in [0, 0.05) is 6.61 Å². The maximum atomic E-state index is 12.4. The number of para-hydroxylation sites is 1. The summed E-state index contributed by atoms with van der Waals surface area (Å²) in [7, 11) is 0. The third-order valence-corrected chi connectivity index (χ3v) is 3.35. The normalized spacial score (nSPS) is 22.4. The van der Waals surface area contributed by atoms with Crippen molar-refractivity contribution in [2.45, 2.75) is 18.9 Å². The van der Waals surface area contributed by atoms with Crippen LogP contribution >= 0.6 is 0 Å². The van der Waals surface area contributed by atoms with Crippen molar-refractivity contribution >= 4 is 17.3 Å².